The van der Waals surface area contributed by atoms with Crippen molar-refractivity contribution >= 4 is 5.91 Å². The summed E-state index contributed by atoms with van der Waals surface area (Å²) in [5.74, 6) is 0.127. The van der Waals surface area contributed by atoms with Gasteiger partial charge in [0.15, 0.2) is 0 Å². The van der Waals surface area contributed by atoms with E-state index in [4.69, 9.17) is 5.73 Å². The van der Waals surface area contributed by atoms with Crippen LogP contribution in [0, 0.1) is 11.7 Å². The third-order valence-corrected chi connectivity index (χ3v) is 3.86. The molecule has 4 heteroatoms. The summed E-state index contributed by atoms with van der Waals surface area (Å²) in [7, 11) is 0. The minimum absolute atomic E-state index is 0.138. The zero-order chi connectivity index (χ0) is 14.0. The van der Waals surface area contributed by atoms with Gasteiger partial charge in [0.1, 0.15) is 5.82 Å². The summed E-state index contributed by atoms with van der Waals surface area (Å²) in [5.41, 5.74) is 6.73. The maximum Gasteiger partial charge on any atom is 0.223 e. The normalized spacial score (nSPS) is 20.7. The van der Waals surface area contributed by atoms with Crippen molar-refractivity contribution < 1.29 is 9.18 Å². The van der Waals surface area contributed by atoms with Crippen LogP contribution in [0.2, 0.25) is 0 Å². The van der Waals surface area contributed by atoms with Crippen LogP contribution < -0.4 is 5.73 Å². The topological polar surface area (TPSA) is 46.3 Å². The van der Waals surface area contributed by atoms with Gasteiger partial charge >= 0.3 is 0 Å². The highest BCUT2D eigenvalue weighted by Gasteiger charge is 2.33. The Bertz CT molecular complexity index is 450. The molecule has 1 saturated heterocycles. The molecule has 2 N–H and O–H groups in total. The molecule has 1 amide bonds. The van der Waals surface area contributed by atoms with Crippen LogP contribution in [0.3, 0.4) is 0 Å². The molecule has 104 valence electrons. The van der Waals surface area contributed by atoms with Gasteiger partial charge in [0, 0.05) is 25.0 Å². The number of piperidine rings is 1. The number of likely N-dealkylation sites (tertiary alicyclic amines) is 1. The maximum absolute atomic E-state index is 12.8. The summed E-state index contributed by atoms with van der Waals surface area (Å²) in [6.07, 6.45) is 1.43. The van der Waals surface area contributed by atoms with E-state index in [1.807, 2.05) is 18.7 Å². The second kappa shape index (κ2) is 5.29. The molecular weight excluding hydrogens is 243 g/mol. The van der Waals surface area contributed by atoms with E-state index in [2.05, 4.69) is 0 Å². The van der Waals surface area contributed by atoms with Crippen molar-refractivity contribution in [1.29, 1.82) is 0 Å². The van der Waals surface area contributed by atoms with Gasteiger partial charge in [-0.1, -0.05) is 12.1 Å². The summed E-state index contributed by atoms with van der Waals surface area (Å²) in [5, 5.41) is 0. The van der Waals surface area contributed by atoms with Crippen molar-refractivity contribution in [1.82, 2.24) is 4.90 Å². The smallest absolute Gasteiger partial charge is 0.223 e. The standard InChI is InChI=1S/C15H21FN2O/c1-15(2,17)12-7-8-18(14(19)9-12)10-11-3-5-13(16)6-4-11/h3-6,12H,7-10,17H2,1-2H3. The van der Waals surface area contributed by atoms with E-state index in [1.54, 1.807) is 12.1 Å². The summed E-state index contributed by atoms with van der Waals surface area (Å²) in [6, 6.07) is 6.30. The molecule has 0 saturated carbocycles. The summed E-state index contributed by atoms with van der Waals surface area (Å²) >= 11 is 0. The van der Waals surface area contributed by atoms with Crippen molar-refractivity contribution in [2.75, 3.05) is 6.54 Å². The van der Waals surface area contributed by atoms with Crippen LogP contribution in [0.4, 0.5) is 4.39 Å². The van der Waals surface area contributed by atoms with Gasteiger partial charge in [-0.25, -0.2) is 4.39 Å². The van der Waals surface area contributed by atoms with E-state index in [0.717, 1.165) is 18.5 Å². The zero-order valence-corrected chi connectivity index (χ0v) is 11.5. The predicted molar refractivity (Wildman–Crippen MR) is 72.8 cm³/mol. The molecule has 1 unspecified atom stereocenters. The quantitative estimate of drug-likeness (QED) is 0.910. The highest BCUT2D eigenvalue weighted by atomic mass is 19.1. The molecule has 0 spiro atoms. The van der Waals surface area contributed by atoms with E-state index >= 15 is 0 Å². The fourth-order valence-corrected chi connectivity index (χ4v) is 2.49. The Morgan fingerprint density at radius 3 is 2.53 bits per heavy atom. The Balaban J connectivity index is 1.97. The second-order valence-electron chi connectivity index (χ2n) is 5.95. The summed E-state index contributed by atoms with van der Waals surface area (Å²) < 4.78 is 12.8. The molecule has 0 aromatic heterocycles. The third kappa shape index (κ3) is 3.53. The first kappa shape index (κ1) is 14.0. The van der Waals surface area contributed by atoms with Gasteiger partial charge in [0.05, 0.1) is 0 Å². The number of nitrogens with two attached hydrogens (primary N) is 1. The summed E-state index contributed by atoms with van der Waals surface area (Å²) in [6.45, 7) is 5.22. The van der Waals surface area contributed by atoms with E-state index < -0.39 is 0 Å². The fourth-order valence-electron chi connectivity index (χ4n) is 2.49. The van der Waals surface area contributed by atoms with Crippen molar-refractivity contribution in [3.8, 4) is 0 Å². The molecule has 1 aromatic rings. The van der Waals surface area contributed by atoms with E-state index in [1.165, 1.54) is 12.1 Å². The van der Waals surface area contributed by atoms with Gasteiger partial charge in [-0.15, -0.1) is 0 Å². The lowest BCUT2D eigenvalue weighted by Crippen LogP contribution is -2.49. The van der Waals surface area contributed by atoms with Crippen molar-refractivity contribution in [3.05, 3.63) is 35.6 Å². The van der Waals surface area contributed by atoms with Gasteiger partial charge < -0.3 is 10.6 Å². The van der Waals surface area contributed by atoms with E-state index in [-0.39, 0.29) is 23.2 Å². The lowest BCUT2D eigenvalue weighted by molar-refractivity contribution is -0.136. The van der Waals surface area contributed by atoms with E-state index in [0.29, 0.717) is 13.0 Å². The fraction of sp³-hybridized carbons (Fsp3) is 0.533. The Kier molecular flexibility index (Phi) is 3.90. The van der Waals surface area contributed by atoms with Crippen molar-refractivity contribution in [2.45, 2.75) is 38.8 Å². The van der Waals surface area contributed by atoms with Crippen LogP contribution in [0.25, 0.3) is 0 Å². The molecule has 1 heterocycles. The Morgan fingerprint density at radius 1 is 1.37 bits per heavy atom. The first-order chi connectivity index (χ1) is 8.86. The van der Waals surface area contributed by atoms with Gasteiger partial charge in [0.2, 0.25) is 5.91 Å². The molecular formula is C15H21FN2O. The molecule has 19 heavy (non-hydrogen) atoms. The minimum atomic E-state index is -0.308. The van der Waals surface area contributed by atoms with Crippen LogP contribution in [0.5, 0.6) is 0 Å². The Labute approximate surface area is 113 Å². The summed E-state index contributed by atoms with van der Waals surface area (Å²) in [4.78, 5) is 13.9. The predicted octanol–water partition coefficient (Wildman–Crippen LogP) is 2.30. The number of nitrogens with zero attached hydrogens (tertiary/aromatic N) is 1. The zero-order valence-electron chi connectivity index (χ0n) is 11.5. The number of amides is 1. The van der Waals surface area contributed by atoms with Crippen LogP contribution >= 0.6 is 0 Å². The van der Waals surface area contributed by atoms with Crippen LogP contribution in [0.1, 0.15) is 32.3 Å². The molecule has 1 aromatic carbocycles. The lowest BCUT2D eigenvalue weighted by Gasteiger charge is -2.38. The number of carbonyl (C=O) groups is 1. The third-order valence-electron chi connectivity index (χ3n) is 3.86. The SMILES string of the molecule is CC(C)(N)C1CCN(Cc2ccc(F)cc2)C(=O)C1. The molecule has 3 nitrogen and oxygen atoms in total. The highest BCUT2D eigenvalue weighted by Crippen LogP contribution is 2.27. The average Bonchev–Trinajstić information content (AvgIpc) is 2.33. The number of hydrogen-bond acceptors (Lipinski definition) is 2. The average molecular weight is 264 g/mol. The number of carbonyl (C=O) groups excluding carboxylic acids is 1. The molecule has 2 rings (SSSR count). The highest BCUT2D eigenvalue weighted by molar-refractivity contribution is 5.77. The number of hydrogen-bond donors (Lipinski definition) is 1. The molecule has 1 aliphatic heterocycles. The van der Waals surface area contributed by atoms with E-state index in [9.17, 15) is 9.18 Å². The molecule has 1 fully saturated rings. The molecule has 0 aliphatic carbocycles. The largest absolute Gasteiger partial charge is 0.338 e. The minimum Gasteiger partial charge on any atom is -0.338 e. The Hall–Kier alpha value is -1.42. The van der Waals surface area contributed by atoms with Crippen LogP contribution in [-0.4, -0.2) is 22.9 Å². The van der Waals surface area contributed by atoms with Crippen LogP contribution in [0.15, 0.2) is 24.3 Å². The van der Waals surface area contributed by atoms with Crippen molar-refractivity contribution in [3.63, 3.8) is 0 Å². The molecule has 1 atom stereocenters. The van der Waals surface area contributed by atoms with Crippen LogP contribution in [-0.2, 0) is 11.3 Å². The van der Waals surface area contributed by atoms with Crippen molar-refractivity contribution in [2.24, 2.45) is 11.7 Å². The second-order valence-corrected chi connectivity index (χ2v) is 5.95. The first-order valence-corrected chi connectivity index (χ1v) is 6.67. The van der Waals surface area contributed by atoms with Gasteiger partial charge in [0.25, 0.3) is 0 Å². The van der Waals surface area contributed by atoms with Gasteiger partial charge in [-0.2, -0.15) is 0 Å². The maximum atomic E-state index is 12.8. The first-order valence-electron chi connectivity index (χ1n) is 6.67. The molecule has 0 bridgehead atoms. The number of rotatable bonds is 3. The number of halogens is 1. The van der Waals surface area contributed by atoms with Gasteiger partial charge in [-0.3, -0.25) is 4.79 Å². The monoisotopic (exact) mass is 264 g/mol. The Morgan fingerprint density at radius 2 is 2.00 bits per heavy atom. The number of benzene rings is 1. The molecule has 0 radical (unpaired) electrons. The molecule has 1 aliphatic rings. The van der Waals surface area contributed by atoms with Gasteiger partial charge in [-0.05, 0) is 43.9 Å². The lowest BCUT2D eigenvalue weighted by atomic mass is 9.81.